The van der Waals surface area contributed by atoms with Crippen LogP contribution in [0.1, 0.15) is 13.8 Å². The summed E-state index contributed by atoms with van der Waals surface area (Å²) in [6.07, 6.45) is 0. The van der Waals surface area contributed by atoms with Gasteiger partial charge in [-0.2, -0.15) is 21.0 Å². The van der Waals surface area contributed by atoms with Crippen LogP contribution in [0, 0.1) is 45.3 Å². The van der Waals surface area contributed by atoms with Gasteiger partial charge in [-0.05, 0) is 13.8 Å². The number of esters is 1. The third-order valence-electron chi connectivity index (χ3n) is 1.12. The van der Waals surface area contributed by atoms with E-state index in [1.807, 2.05) is 6.07 Å². The van der Waals surface area contributed by atoms with Gasteiger partial charge >= 0.3 is 5.97 Å². The molecule has 0 heterocycles. The van der Waals surface area contributed by atoms with E-state index in [4.69, 9.17) is 21.0 Å². The number of hydrogen-bond donors (Lipinski definition) is 0. The van der Waals surface area contributed by atoms with E-state index < -0.39 is 5.97 Å². The first kappa shape index (κ1) is 21.9. The monoisotopic (exact) mass is 270 g/mol. The van der Waals surface area contributed by atoms with Crippen LogP contribution in [0.15, 0.2) is 36.5 Å². The molecule has 0 aromatic rings. The molecule has 0 aromatic carbocycles. The van der Waals surface area contributed by atoms with Crippen molar-refractivity contribution in [3.8, 4) is 24.3 Å². The zero-order valence-electron chi connectivity index (χ0n) is 11.4. The first-order valence-electron chi connectivity index (χ1n) is 5.11. The highest BCUT2D eigenvalue weighted by atomic mass is 16.5. The predicted molar refractivity (Wildman–Crippen MR) is 72.2 cm³/mol. The molecule has 0 spiro atoms. The van der Waals surface area contributed by atoms with Gasteiger partial charge in [0.15, 0.2) is 0 Å². The maximum absolute atomic E-state index is 10.4. The predicted octanol–water partition coefficient (Wildman–Crippen LogP) is 2.31. The maximum atomic E-state index is 10.4. The van der Waals surface area contributed by atoms with Crippen molar-refractivity contribution in [2.24, 2.45) is 0 Å². The van der Waals surface area contributed by atoms with Gasteiger partial charge in [0, 0.05) is 5.57 Å². The van der Waals surface area contributed by atoms with Gasteiger partial charge in [0.05, 0.1) is 12.7 Å². The lowest BCUT2D eigenvalue weighted by atomic mass is 10.3. The molecule has 6 nitrogen and oxygen atoms in total. The van der Waals surface area contributed by atoms with E-state index in [0.717, 1.165) is 0 Å². The van der Waals surface area contributed by atoms with Gasteiger partial charge in [-0.15, -0.1) is 0 Å². The van der Waals surface area contributed by atoms with Crippen LogP contribution in [-0.2, 0) is 9.53 Å². The summed E-state index contributed by atoms with van der Waals surface area (Å²) >= 11 is 0. The number of carbonyl (C=O) groups excluding carboxylic acids is 1. The van der Waals surface area contributed by atoms with Gasteiger partial charge < -0.3 is 4.74 Å². The molecule has 0 aliphatic heterocycles. The van der Waals surface area contributed by atoms with Crippen LogP contribution < -0.4 is 0 Å². The third-order valence-corrected chi connectivity index (χ3v) is 1.12. The number of nitriles is 4. The Hall–Kier alpha value is -3.35. The van der Waals surface area contributed by atoms with E-state index in [1.54, 1.807) is 32.1 Å². The third kappa shape index (κ3) is 20.1. The van der Waals surface area contributed by atoms with Gasteiger partial charge in [-0.25, -0.2) is 4.79 Å². The Morgan fingerprint density at radius 2 is 1.40 bits per heavy atom. The molecule has 0 rings (SSSR count). The van der Waals surface area contributed by atoms with Crippen LogP contribution in [-0.4, -0.2) is 12.6 Å². The molecule has 6 heteroatoms. The summed E-state index contributed by atoms with van der Waals surface area (Å²) in [7, 11) is 0. The number of rotatable bonds is 2. The van der Waals surface area contributed by atoms with Crippen LogP contribution in [0.3, 0.4) is 0 Å². The number of ether oxygens (including phenoxy) is 1. The average Bonchev–Trinajstić information content (AvgIpc) is 2.46. The Labute approximate surface area is 118 Å². The fourth-order valence-electron chi connectivity index (χ4n) is 0.289. The van der Waals surface area contributed by atoms with Crippen LogP contribution in [0.25, 0.3) is 0 Å². The van der Waals surface area contributed by atoms with Crippen molar-refractivity contribution < 1.29 is 9.53 Å². The van der Waals surface area contributed by atoms with Gasteiger partial charge in [-0.1, -0.05) is 19.7 Å². The molecule has 0 unspecified atom stereocenters. The van der Waals surface area contributed by atoms with Gasteiger partial charge in [0.1, 0.15) is 29.4 Å². The summed E-state index contributed by atoms with van der Waals surface area (Å²) < 4.78 is 4.43. The second-order valence-electron chi connectivity index (χ2n) is 2.91. The molecule has 0 bridgehead atoms. The highest BCUT2D eigenvalue weighted by Crippen LogP contribution is 1.90. The second kappa shape index (κ2) is 15.6. The zero-order valence-corrected chi connectivity index (χ0v) is 11.4. The molecule has 0 amide bonds. The quantitative estimate of drug-likeness (QED) is 0.431. The van der Waals surface area contributed by atoms with E-state index in [-0.39, 0.29) is 17.8 Å². The summed E-state index contributed by atoms with van der Waals surface area (Å²) in [6.45, 7) is 13.2. The van der Waals surface area contributed by atoms with Gasteiger partial charge in [0.2, 0.25) is 0 Å². The van der Waals surface area contributed by atoms with Crippen molar-refractivity contribution in [1.29, 1.82) is 21.0 Å². The molecule has 0 fully saturated rings. The normalized spacial score (nSPS) is 6.30. The molecule has 0 aromatic heterocycles. The first-order chi connectivity index (χ1) is 9.30. The summed E-state index contributed by atoms with van der Waals surface area (Å²) in [6, 6.07) is 6.53. The molecule has 0 N–H and O–H groups in total. The molecule has 0 aliphatic rings. The number of nitrogens with zero attached hydrogens (tertiary/aromatic N) is 4. The summed E-state index contributed by atoms with van der Waals surface area (Å²) in [5.41, 5.74) is 0.358. The van der Waals surface area contributed by atoms with E-state index in [2.05, 4.69) is 24.5 Å². The SMILES string of the molecule is C=C(C#N)C#N.C=C(C#N)C(=O)OCC.C=C(C)C#N. The number of carbonyl (C=O) groups is 1. The highest BCUT2D eigenvalue weighted by molar-refractivity contribution is 5.91. The Balaban J connectivity index is -0.000000230. The Morgan fingerprint density at radius 1 is 1.00 bits per heavy atom. The second-order valence-corrected chi connectivity index (χ2v) is 2.91. The van der Waals surface area contributed by atoms with Crippen LogP contribution >= 0.6 is 0 Å². The minimum atomic E-state index is -0.639. The summed E-state index contributed by atoms with van der Waals surface area (Å²) in [5, 5.41) is 31.4. The van der Waals surface area contributed by atoms with Crippen molar-refractivity contribution in [2.45, 2.75) is 13.8 Å². The molecular weight excluding hydrogens is 256 g/mol. The summed E-state index contributed by atoms with van der Waals surface area (Å²) in [4.78, 5) is 10.4. The van der Waals surface area contributed by atoms with E-state index in [9.17, 15) is 4.79 Å². The Bertz CT molecular complexity index is 517. The molecule has 102 valence electrons. The summed E-state index contributed by atoms with van der Waals surface area (Å²) in [5.74, 6) is -0.639. The first-order valence-corrected chi connectivity index (χ1v) is 5.11. The Morgan fingerprint density at radius 3 is 1.55 bits per heavy atom. The lowest BCUT2D eigenvalue weighted by molar-refractivity contribution is -0.137. The molecule has 0 radical (unpaired) electrons. The standard InChI is InChI=1S/C6H7NO2.C4H2N2.C4H5N/c1-3-9-6(8)5(2)4-7;1-4(2-5)3-6;1-4(2)3-5/h2-3H2,1H3;1H2;1H2,2H3. The van der Waals surface area contributed by atoms with Crippen molar-refractivity contribution in [3.05, 3.63) is 36.5 Å². The molecular formula is C14H14N4O2. The van der Waals surface area contributed by atoms with Crippen molar-refractivity contribution in [1.82, 2.24) is 0 Å². The average molecular weight is 270 g/mol. The maximum Gasteiger partial charge on any atom is 0.348 e. The minimum Gasteiger partial charge on any atom is -0.462 e. The highest BCUT2D eigenvalue weighted by Gasteiger charge is 2.03. The molecule has 0 atom stereocenters. The molecule has 0 aliphatic carbocycles. The Kier molecular flexibility index (Phi) is 17.1. The fourth-order valence-corrected chi connectivity index (χ4v) is 0.289. The van der Waals surface area contributed by atoms with Crippen LogP contribution in [0.5, 0.6) is 0 Å². The number of hydrogen-bond acceptors (Lipinski definition) is 6. The fraction of sp³-hybridized carbons (Fsp3) is 0.214. The van der Waals surface area contributed by atoms with Gasteiger partial charge in [0.25, 0.3) is 0 Å². The lowest BCUT2D eigenvalue weighted by Crippen LogP contribution is -2.04. The molecule has 20 heavy (non-hydrogen) atoms. The van der Waals surface area contributed by atoms with Crippen molar-refractivity contribution in [2.75, 3.05) is 6.61 Å². The zero-order chi connectivity index (χ0) is 16.6. The van der Waals surface area contributed by atoms with E-state index in [1.165, 1.54) is 0 Å². The molecule has 0 saturated carbocycles. The van der Waals surface area contributed by atoms with Crippen LogP contribution in [0.2, 0.25) is 0 Å². The smallest absolute Gasteiger partial charge is 0.348 e. The topological polar surface area (TPSA) is 121 Å². The lowest BCUT2D eigenvalue weighted by Gasteiger charge is -1.95. The molecule has 0 saturated heterocycles. The van der Waals surface area contributed by atoms with Crippen LogP contribution in [0.4, 0.5) is 0 Å². The van der Waals surface area contributed by atoms with Crippen molar-refractivity contribution >= 4 is 5.97 Å². The minimum absolute atomic E-state index is 0.0463. The number of allylic oxidation sites excluding steroid dienone is 2. The van der Waals surface area contributed by atoms with E-state index >= 15 is 0 Å². The van der Waals surface area contributed by atoms with Crippen molar-refractivity contribution in [3.63, 3.8) is 0 Å². The largest absolute Gasteiger partial charge is 0.462 e. The van der Waals surface area contributed by atoms with E-state index in [0.29, 0.717) is 5.57 Å². The van der Waals surface area contributed by atoms with Gasteiger partial charge in [-0.3, -0.25) is 0 Å².